The zero-order valence-corrected chi connectivity index (χ0v) is 10.9. The summed E-state index contributed by atoms with van der Waals surface area (Å²) in [6.07, 6.45) is 2.91. The number of rotatable bonds is 10. The van der Waals surface area contributed by atoms with Crippen LogP contribution in [0.5, 0.6) is 0 Å². The van der Waals surface area contributed by atoms with Crippen molar-refractivity contribution < 1.29 is 19.7 Å². The Kier molecular flexibility index (Phi) is 6.70. The first kappa shape index (κ1) is 15.5. The molecular formula is C12H23NO5. The monoisotopic (exact) mass is 261 g/mol. The van der Waals surface area contributed by atoms with E-state index in [1.165, 1.54) is 0 Å². The van der Waals surface area contributed by atoms with Crippen molar-refractivity contribution in [2.24, 2.45) is 5.18 Å². The van der Waals surface area contributed by atoms with E-state index in [1.54, 1.807) is 6.92 Å². The van der Waals surface area contributed by atoms with Crippen molar-refractivity contribution in [3.63, 3.8) is 0 Å². The first-order chi connectivity index (χ1) is 8.68. The Morgan fingerprint density at radius 3 is 1.89 bits per heavy atom. The van der Waals surface area contributed by atoms with Crippen LogP contribution < -0.4 is 0 Å². The molecule has 0 unspecified atom stereocenters. The molecule has 0 aromatic rings. The lowest BCUT2D eigenvalue weighted by Crippen LogP contribution is -2.54. The van der Waals surface area contributed by atoms with Crippen molar-refractivity contribution in [1.29, 1.82) is 0 Å². The molecule has 6 heteroatoms. The first-order valence-corrected chi connectivity index (χ1v) is 6.55. The highest BCUT2D eigenvalue weighted by Gasteiger charge is 2.48. The zero-order chi connectivity index (χ0) is 13.4. The minimum absolute atomic E-state index is 0.106. The van der Waals surface area contributed by atoms with Gasteiger partial charge in [-0.05, 0) is 45.4 Å². The van der Waals surface area contributed by atoms with E-state index >= 15 is 0 Å². The number of aliphatic hydroxyl groups is 2. The second kappa shape index (κ2) is 7.78. The Balaban J connectivity index is 2.54. The average molecular weight is 261 g/mol. The number of hydrogen-bond acceptors (Lipinski definition) is 6. The fourth-order valence-corrected chi connectivity index (χ4v) is 2.19. The topological polar surface area (TPSA) is 88.4 Å². The third kappa shape index (κ3) is 3.98. The summed E-state index contributed by atoms with van der Waals surface area (Å²) in [6, 6.07) is 0. The molecule has 1 aliphatic rings. The van der Waals surface area contributed by atoms with E-state index in [1.807, 2.05) is 0 Å². The number of nitrogens with zero attached hydrogens (tertiary/aromatic N) is 1. The van der Waals surface area contributed by atoms with Crippen LogP contribution in [-0.4, -0.2) is 41.5 Å². The van der Waals surface area contributed by atoms with E-state index < -0.39 is 11.8 Å². The second-order valence-electron chi connectivity index (χ2n) is 4.73. The Morgan fingerprint density at radius 1 is 1.06 bits per heavy atom. The maximum absolute atomic E-state index is 11.2. The van der Waals surface area contributed by atoms with Gasteiger partial charge in [-0.1, -0.05) is 5.18 Å². The van der Waals surface area contributed by atoms with Crippen LogP contribution in [0.3, 0.4) is 0 Å². The maximum Gasteiger partial charge on any atom is 0.192 e. The summed E-state index contributed by atoms with van der Waals surface area (Å²) in [5.41, 5.74) is -0.878. The molecule has 1 heterocycles. The van der Waals surface area contributed by atoms with Gasteiger partial charge in [-0.3, -0.25) is 0 Å². The summed E-state index contributed by atoms with van der Waals surface area (Å²) in [6.45, 7) is 1.98. The first-order valence-electron chi connectivity index (χ1n) is 6.55. The molecule has 2 N–H and O–H groups in total. The van der Waals surface area contributed by atoms with Crippen molar-refractivity contribution in [3.8, 4) is 0 Å². The van der Waals surface area contributed by atoms with Gasteiger partial charge >= 0.3 is 0 Å². The molecule has 0 aliphatic carbocycles. The summed E-state index contributed by atoms with van der Waals surface area (Å²) in [4.78, 5) is 11.2. The lowest BCUT2D eigenvalue weighted by atomic mass is 9.86. The maximum atomic E-state index is 11.2. The molecule has 18 heavy (non-hydrogen) atoms. The lowest BCUT2D eigenvalue weighted by molar-refractivity contribution is -0.396. The molecule has 0 spiro atoms. The molecule has 106 valence electrons. The predicted octanol–water partition coefficient (Wildman–Crippen LogP) is 1.54. The molecule has 0 saturated carbocycles. The minimum Gasteiger partial charge on any atom is -0.396 e. The smallest absolute Gasteiger partial charge is 0.192 e. The molecule has 1 fully saturated rings. The van der Waals surface area contributed by atoms with E-state index in [2.05, 4.69) is 5.18 Å². The number of aliphatic hydroxyl groups excluding tert-OH is 2. The van der Waals surface area contributed by atoms with Gasteiger partial charge in [0.25, 0.3) is 0 Å². The second-order valence-corrected chi connectivity index (χ2v) is 4.73. The normalized spacial score (nSPS) is 23.7. The van der Waals surface area contributed by atoms with Crippen LogP contribution in [0.2, 0.25) is 0 Å². The Labute approximate surface area is 107 Å². The van der Waals surface area contributed by atoms with Gasteiger partial charge in [0, 0.05) is 13.2 Å². The van der Waals surface area contributed by atoms with Crippen LogP contribution in [0.4, 0.5) is 0 Å². The molecule has 0 aromatic heterocycles. The fraction of sp³-hybridized carbons (Fsp3) is 1.00. The molecule has 6 nitrogen and oxygen atoms in total. The Bertz CT molecular complexity index is 233. The van der Waals surface area contributed by atoms with Crippen molar-refractivity contribution in [2.45, 2.75) is 63.6 Å². The quantitative estimate of drug-likeness (QED) is 0.460. The zero-order valence-electron chi connectivity index (χ0n) is 10.9. The van der Waals surface area contributed by atoms with Crippen LogP contribution in [0, 0.1) is 4.91 Å². The van der Waals surface area contributed by atoms with E-state index in [4.69, 9.17) is 19.7 Å². The molecule has 0 aromatic carbocycles. The number of unbranched alkanes of at least 4 members (excludes halogenated alkanes) is 2. The Hall–Kier alpha value is -0.560. The molecule has 1 aliphatic heterocycles. The van der Waals surface area contributed by atoms with Crippen molar-refractivity contribution in [1.82, 2.24) is 0 Å². The third-order valence-corrected chi connectivity index (χ3v) is 3.29. The van der Waals surface area contributed by atoms with Gasteiger partial charge < -0.3 is 19.7 Å². The van der Waals surface area contributed by atoms with Crippen molar-refractivity contribution in [2.75, 3.05) is 13.2 Å². The van der Waals surface area contributed by atoms with Gasteiger partial charge in [0.05, 0.1) is 0 Å². The highest BCUT2D eigenvalue weighted by Crippen LogP contribution is 2.37. The van der Waals surface area contributed by atoms with Gasteiger partial charge in [0.2, 0.25) is 0 Å². The summed E-state index contributed by atoms with van der Waals surface area (Å²) in [5, 5.41) is 20.9. The SMILES string of the molecule is CC1OC(C(CCCCO)(CCCCO)N=O)O1. The number of nitroso groups, excluding NO2 is 1. The molecule has 0 bridgehead atoms. The van der Waals surface area contributed by atoms with E-state index in [-0.39, 0.29) is 19.5 Å². The van der Waals surface area contributed by atoms with Crippen LogP contribution in [-0.2, 0) is 9.47 Å². The van der Waals surface area contributed by atoms with Crippen LogP contribution in [0.15, 0.2) is 5.18 Å². The van der Waals surface area contributed by atoms with Gasteiger partial charge in [-0.2, -0.15) is 4.91 Å². The minimum atomic E-state index is -0.878. The summed E-state index contributed by atoms with van der Waals surface area (Å²) >= 11 is 0. The molecule has 0 radical (unpaired) electrons. The summed E-state index contributed by atoms with van der Waals surface area (Å²) in [5.74, 6) is 0. The van der Waals surface area contributed by atoms with Gasteiger partial charge in [0.15, 0.2) is 18.1 Å². The molecule has 1 saturated heterocycles. The highest BCUT2D eigenvalue weighted by atomic mass is 16.9. The fourth-order valence-electron chi connectivity index (χ4n) is 2.19. The number of ether oxygens (including phenoxy) is 2. The van der Waals surface area contributed by atoms with Crippen LogP contribution in [0.25, 0.3) is 0 Å². The Morgan fingerprint density at radius 2 is 1.56 bits per heavy atom. The van der Waals surface area contributed by atoms with Crippen molar-refractivity contribution in [3.05, 3.63) is 4.91 Å². The largest absolute Gasteiger partial charge is 0.396 e. The predicted molar refractivity (Wildman–Crippen MR) is 65.8 cm³/mol. The molecular weight excluding hydrogens is 238 g/mol. The molecule has 0 atom stereocenters. The third-order valence-electron chi connectivity index (χ3n) is 3.29. The van der Waals surface area contributed by atoms with E-state index in [0.29, 0.717) is 38.5 Å². The molecule has 1 rings (SSSR count). The van der Waals surface area contributed by atoms with E-state index in [0.717, 1.165) is 0 Å². The summed E-state index contributed by atoms with van der Waals surface area (Å²) in [7, 11) is 0. The number of hydrogen-bond donors (Lipinski definition) is 2. The standard InChI is InChI=1S/C12H23NO5/c1-10-17-11(18-10)12(13-16,6-2-4-8-14)7-3-5-9-15/h10-11,14-15H,2-9H2,1H3. The van der Waals surface area contributed by atoms with Crippen LogP contribution >= 0.6 is 0 Å². The van der Waals surface area contributed by atoms with Gasteiger partial charge in [-0.15, -0.1) is 0 Å². The lowest BCUT2D eigenvalue weighted by Gasteiger charge is -2.43. The molecule has 0 amide bonds. The average Bonchev–Trinajstić information content (AvgIpc) is 2.34. The van der Waals surface area contributed by atoms with Gasteiger partial charge in [-0.25, -0.2) is 0 Å². The summed E-state index contributed by atoms with van der Waals surface area (Å²) < 4.78 is 10.8. The van der Waals surface area contributed by atoms with Gasteiger partial charge in [0.1, 0.15) is 0 Å². The highest BCUT2D eigenvalue weighted by molar-refractivity contribution is 4.93. The van der Waals surface area contributed by atoms with Crippen LogP contribution in [0.1, 0.15) is 45.4 Å². The van der Waals surface area contributed by atoms with Crippen molar-refractivity contribution >= 4 is 0 Å². The van der Waals surface area contributed by atoms with E-state index in [9.17, 15) is 4.91 Å².